The zero-order valence-corrected chi connectivity index (χ0v) is 12.3. The van der Waals surface area contributed by atoms with Crippen LogP contribution in [0.2, 0.25) is 0 Å². The van der Waals surface area contributed by atoms with Crippen LogP contribution in [0.3, 0.4) is 0 Å². The second-order valence-corrected chi connectivity index (χ2v) is 6.05. The summed E-state index contributed by atoms with van der Waals surface area (Å²) in [6, 6.07) is 8.95. The van der Waals surface area contributed by atoms with Gasteiger partial charge in [0.1, 0.15) is 23.0 Å². The van der Waals surface area contributed by atoms with Crippen LogP contribution in [0.15, 0.2) is 36.4 Å². The van der Waals surface area contributed by atoms with Crippen molar-refractivity contribution in [2.75, 3.05) is 0 Å². The molecule has 0 heterocycles. The largest absolute Gasteiger partial charge is 0.508 e. The molecule has 3 rings (SSSR count). The second-order valence-electron chi connectivity index (χ2n) is 6.05. The summed E-state index contributed by atoms with van der Waals surface area (Å²) in [7, 11) is 0. The van der Waals surface area contributed by atoms with E-state index in [1.165, 1.54) is 24.3 Å². The lowest BCUT2D eigenvalue weighted by atomic mass is 9.64. The minimum absolute atomic E-state index is 0.0809. The molecule has 22 heavy (non-hydrogen) atoms. The Labute approximate surface area is 129 Å². The lowest BCUT2D eigenvalue weighted by molar-refractivity contribution is 0.318. The maximum atomic E-state index is 10.3. The van der Waals surface area contributed by atoms with E-state index in [0.717, 1.165) is 32.1 Å². The third-order valence-corrected chi connectivity index (χ3v) is 4.70. The Balaban J connectivity index is 2.25. The number of hydrogen-bond donors (Lipinski definition) is 4. The van der Waals surface area contributed by atoms with E-state index in [1.54, 1.807) is 12.1 Å². The summed E-state index contributed by atoms with van der Waals surface area (Å²) in [5.41, 5.74) is 0.616. The maximum Gasteiger partial charge on any atom is 0.119 e. The molecule has 0 aromatic heterocycles. The maximum absolute atomic E-state index is 10.3. The Kier molecular flexibility index (Phi) is 3.61. The van der Waals surface area contributed by atoms with Crippen molar-refractivity contribution in [1.29, 1.82) is 0 Å². The summed E-state index contributed by atoms with van der Waals surface area (Å²) in [5, 5.41) is 40.3. The van der Waals surface area contributed by atoms with Gasteiger partial charge in [-0.05, 0) is 49.2 Å². The first-order valence-electron chi connectivity index (χ1n) is 7.58. The van der Waals surface area contributed by atoms with E-state index < -0.39 is 5.41 Å². The molecule has 4 heteroatoms. The van der Waals surface area contributed by atoms with E-state index in [0.29, 0.717) is 11.1 Å². The molecule has 4 N–H and O–H groups in total. The summed E-state index contributed by atoms with van der Waals surface area (Å²) < 4.78 is 0. The molecule has 1 fully saturated rings. The van der Waals surface area contributed by atoms with Crippen molar-refractivity contribution in [3.05, 3.63) is 47.5 Å². The van der Waals surface area contributed by atoms with E-state index in [1.807, 2.05) is 0 Å². The number of rotatable bonds is 2. The van der Waals surface area contributed by atoms with Crippen molar-refractivity contribution in [1.82, 2.24) is 0 Å². The van der Waals surface area contributed by atoms with Crippen LogP contribution in [0.25, 0.3) is 0 Å². The van der Waals surface area contributed by atoms with Crippen LogP contribution in [-0.4, -0.2) is 20.4 Å². The Hall–Kier alpha value is -2.36. The molecule has 0 aliphatic heterocycles. The molecule has 1 saturated carbocycles. The first-order chi connectivity index (χ1) is 10.5. The molecule has 0 saturated heterocycles. The van der Waals surface area contributed by atoms with Crippen molar-refractivity contribution < 1.29 is 20.4 Å². The van der Waals surface area contributed by atoms with Crippen molar-refractivity contribution in [2.24, 2.45) is 0 Å². The molecule has 1 aliphatic rings. The molecule has 0 unspecified atom stereocenters. The van der Waals surface area contributed by atoms with Crippen molar-refractivity contribution in [2.45, 2.75) is 37.5 Å². The van der Waals surface area contributed by atoms with E-state index >= 15 is 0 Å². The van der Waals surface area contributed by atoms with E-state index in [-0.39, 0.29) is 23.0 Å². The number of benzene rings is 2. The van der Waals surface area contributed by atoms with Crippen molar-refractivity contribution >= 4 is 0 Å². The Morgan fingerprint density at radius 1 is 0.636 bits per heavy atom. The quantitative estimate of drug-likeness (QED) is 0.637. The summed E-state index contributed by atoms with van der Waals surface area (Å²) in [5.74, 6) is 0.361. The van der Waals surface area contributed by atoms with Crippen LogP contribution in [0, 0.1) is 0 Å². The zero-order chi connectivity index (χ0) is 15.7. The molecule has 4 nitrogen and oxygen atoms in total. The molecule has 116 valence electrons. The normalized spacial score (nSPS) is 17.3. The van der Waals surface area contributed by atoms with E-state index in [9.17, 15) is 20.4 Å². The average molecular weight is 300 g/mol. The van der Waals surface area contributed by atoms with Crippen molar-refractivity contribution in [3.8, 4) is 23.0 Å². The summed E-state index contributed by atoms with van der Waals surface area (Å²) in [6.45, 7) is 0. The van der Waals surface area contributed by atoms with Gasteiger partial charge in [-0.25, -0.2) is 0 Å². The lowest BCUT2D eigenvalue weighted by Gasteiger charge is -2.39. The van der Waals surface area contributed by atoms with Gasteiger partial charge in [-0.1, -0.05) is 19.3 Å². The van der Waals surface area contributed by atoms with E-state index in [4.69, 9.17) is 0 Å². The average Bonchev–Trinajstić information content (AvgIpc) is 2.53. The van der Waals surface area contributed by atoms with Crippen molar-refractivity contribution in [3.63, 3.8) is 0 Å². The summed E-state index contributed by atoms with van der Waals surface area (Å²) in [6.07, 6.45) is 4.53. The first-order valence-corrected chi connectivity index (χ1v) is 7.58. The molecule has 2 aromatic carbocycles. The lowest BCUT2D eigenvalue weighted by Crippen LogP contribution is -2.30. The summed E-state index contributed by atoms with van der Waals surface area (Å²) >= 11 is 0. The van der Waals surface area contributed by atoms with Gasteiger partial charge >= 0.3 is 0 Å². The van der Waals surface area contributed by atoms with Gasteiger partial charge in [0.25, 0.3) is 0 Å². The van der Waals surface area contributed by atoms with Crippen LogP contribution in [-0.2, 0) is 5.41 Å². The topological polar surface area (TPSA) is 80.9 Å². The van der Waals surface area contributed by atoms with Gasteiger partial charge in [0.2, 0.25) is 0 Å². The molecule has 0 spiro atoms. The number of hydrogen-bond acceptors (Lipinski definition) is 4. The third-order valence-electron chi connectivity index (χ3n) is 4.70. The molecule has 2 aromatic rings. The molecule has 1 aliphatic carbocycles. The highest BCUT2D eigenvalue weighted by molar-refractivity contribution is 5.54. The molecule has 0 radical (unpaired) electrons. The van der Waals surface area contributed by atoms with Crippen LogP contribution in [0.4, 0.5) is 0 Å². The van der Waals surface area contributed by atoms with Crippen LogP contribution in [0.1, 0.15) is 43.2 Å². The highest BCUT2D eigenvalue weighted by atomic mass is 16.3. The fraction of sp³-hybridized carbons (Fsp3) is 0.333. The van der Waals surface area contributed by atoms with Gasteiger partial charge in [0, 0.05) is 16.5 Å². The van der Waals surface area contributed by atoms with Gasteiger partial charge < -0.3 is 20.4 Å². The highest BCUT2D eigenvalue weighted by Crippen LogP contribution is 2.51. The first kappa shape index (κ1) is 14.6. The highest BCUT2D eigenvalue weighted by Gasteiger charge is 2.40. The number of phenols is 4. The number of phenolic OH excluding ortho intramolecular Hbond substituents is 4. The molecular weight excluding hydrogens is 280 g/mol. The van der Waals surface area contributed by atoms with Gasteiger partial charge in [-0.15, -0.1) is 0 Å². The zero-order valence-electron chi connectivity index (χ0n) is 12.3. The minimum Gasteiger partial charge on any atom is -0.508 e. The van der Waals surface area contributed by atoms with Crippen LogP contribution < -0.4 is 0 Å². The Bertz CT molecular complexity index is 634. The Morgan fingerprint density at radius 3 is 1.55 bits per heavy atom. The molecule has 0 bridgehead atoms. The van der Waals surface area contributed by atoms with Gasteiger partial charge in [-0.3, -0.25) is 0 Å². The Morgan fingerprint density at radius 2 is 1.09 bits per heavy atom. The fourth-order valence-electron chi connectivity index (χ4n) is 3.65. The fourth-order valence-corrected chi connectivity index (χ4v) is 3.65. The standard InChI is InChI=1S/C18H20O4/c19-12-4-6-16(21)14(10-12)18(8-2-1-3-9-18)15-11-13(20)5-7-17(15)22/h4-7,10-11,19-22H,1-3,8-9H2. The van der Waals surface area contributed by atoms with Gasteiger partial charge in [-0.2, -0.15) is 0 Å². The SMILES string of the molecule is Oc1ccc(O)c(C2(c3cc(O)ccc3O)CCCCC2)c1. The van der Waals surface area contributed by atoms with E-state index in [2.05, 4.69) is 0 Å². The molecular formula is C18H20O4. The predicted molar refractivity (Wildman–Crippen MR) is 83.4 cm³/mol. The van der Waals surface area contributed by atoms with Gasteiger partial charge in [0.15, 0.2) is 0 Å². The molecule has 0 amide bonds. The second kappa shape index (κ2) is 5.44. The third kappa shape index (κ3) is 2.34. The van der Waals surface area contributed by atoms with Gasteiger partial charge in [0.05, 0.1) is 0 Å². The monoisotopic (exact) mass is 300 g/mol. The smallest absolute Gasteiger partial charge is 0.119 e. The minimum atomic E-state index is -0.593. The molecule has 0 atom stereocenters. The van der Waals surface area contributed by atoms with Crippen LogP contribution in [0.5, 0.6) is 23.0 Å². The predicted octanol–water partition coefficient (Wildman–Crippen LogP) is 3.76. The summed E-state index contributed by atoms with van der Waals surface area (Å²) in [4.78, 5) is 0. The number of aromatic hydroxyl groups is 4. The van der Waals surface area contributed by atoms with Crippen LogP contribution >= 0.6 is 0 Å².